The van der Waals surface area contributed by atoms with Crippen molar-refractivity contribution in [3.63, 3.8) is 0 Å². The second-order valence-corrected chi connectivity index (χ2v) is 7.12. The highest BCUT2D eigenvalue weighted by molar-refractivity contribution is 5.79. The molecule has 0 bridgehead atoms. The third-order valence-corrected chi connectivity index (χ3v) is 5.23. The molecule has 1 aliphatic rings. The van der Waals surface area contributed by atoms with E-state index in [2.05, 4.69) is 15.3 Å². The number of aromatic nitrogens is 3. The van der Waals surface area contributed by atoms with Gasteiger partial charge in [0.05, 0.1) is 4.92 Å². The van der Waals surface area contributed by atoms with E-state index in [0.717, 1.165) is 5.56 Å². The minimum Gasteiger partial charge on any atom is -0.352 e. The van der Waals surface area contributed by atoms with Gasteiger partial charge in [0.15, 0.2) is 0 Å². The van der Waals surface area contributed by atoms with Crippen LogP contribution in [0.25, 0.3) is 5.65 Å². The summed E-state index contributed by atoms with van der Waals surface area (Å²) in [5.41, 5.74) is 0.00861. The van der Waals surface area contributed by atoms with Crippen LogP contribution in [0.3, 0.4) is 0 Å². The van der Waals surface area contributed by atoms with Gasteiger partial charge in [-0.2, -0.15) is 0 Å². The smallest absolute Gasteiger partial charge is 0.352 e. The minimum atomic E-state index is -0.711. The summed E-state index contributed by atoms with van der Waals surface area (Å²) in [5.74, 6) is -0.191. The van der Waals surface area contributed by atoms with Gasteiger partial charge in [0, 0.05) is 44.1 Å². The molecule has 10 heteroatoms. The van der Waals surface area contributed by atoms with Crippen molar-refractivity contribution in [3.8, 4) is 0 Å². The summed E-state index contributed by atoms with van der Waals surface area (Å²) in [6, 6.07) is 8.67. The maximum Gasteiger partial charge on any atom is 0.376 e. The van der Waals surface area contributed by atoms with Crippen LogP contribution in [-0.4, -0.2) is 38.3 Å². The standard InChI is InChI=1S/C20H20N6O4/c27-19(22-13-14-4-3-8-21-12-14)15-6-10-24(11-7-15)18-17(26(29)30)20(28)25-9-2-1-5-16(25)23-18/h1-5,8-9,12,15H,6-7,10-11,13H2,(H,22,27). The maximum atomic E-state index is 12.6. The Kier molecular flexibility index (Phi) is 5.38. The lowest BCUT2D eigenvalue weighted by molar-refractivity contribution is -0.385. The van der Waals surface area contributed by atoms with Gasteiger partial charge >= 0.3 is 11.2 Å². The highest BCUT2D eigenvalue weighted by Crippen LogP contribution is 2.28. The molecule has 0 atom stereocenters. The molecular formula is C20H20N6O4. The molecule has 0 saturated carbocycles. The Morgan fingerprint density at radius 1 is 1.23 bits per heavy atom. The lowest BCUT2D eigenvalue weighted by Crippen LogP contribution is -2.41. The highest BCUT2D eigenvalue weighted by atomic mass is 16.6. The zero-order valence-electron chi connectivity index (χ0n) is 16.1. The van der Waals surface area contributed by atoms with Gasteiger partial charge in [-0.1, -0.05) is 12.1 Å². The van der Waals surface area contributed by atoms with Crippen LogP contribution in [0, 0.1) is 16.0 Å². The zero-order chi connectivity index (χ0) is 21.1. The van der Waals surface area contributed by atoms with Crippen molar-refractivity contribution < 1.29 is 9.72 Å². The summed E-state index contributed by atoms with van der Waals surface area (Å²) in [6.45, 7) is 1.21. The van der Waals surface area contributed by atoms with Crippen molar-refractivity contribution in [1.29, 1.82) is 0 Å². The first-order valence-electron chi connectivity index (χ1n) is 9.62. The molecule has 154 valence electrons. The van der Waals surface area contributed by atoms with Crippen molar-refractivity contribution in [1.82, 2.24) is 19.7 Å². The first kappa shape index (κ1) is 19.5. The second kappa shape index (κ2) is 8.27. The average molecular weight is 408 g/mol. The van der Waals surface area contributed by atoms with Crippen LogP contribution in [0.15, 0.2) is 53.7 Å². The number of fused-ring (bicyclic) bond motifs is 1. The van der Waals surface area contributed by atoms with E-state index in [1.165, 1.54) is 10.6 Å². The molecule has 3 aromatic rings. The molecule has 3 aromatic heterocycles. The number of nitrogens with zero attached hydrogens (tertiary/aromatic N) is 5. The predicted octanol–water partition coefficient (Wildman–Crippen LogP) is 1.53. The van der Waals surface area contributed by atoms with Gasteiger partial charge < -0.3 is 10.2 Å². The molecule has 1 saturated heterocycles. The summed E-state index contributed by atoms with van der Waals surface area (Å²) in [5, 5.41) is 14.5. The summed E-state index contributed by atoms with van der Waals surface area (Å²) in [7, 11) is 0. The Morgan fingerprint density at radius 3 is 2.73 bits per heavy atom. The lowest BCUT2D eigenvalue weighted by Gasteiger charge is -2.31. The quantitative estimate of drug-likeness (QED) is 0.502. The fourth-order valence-corrected chi connectivity index (χ4v) is 3.64. The van der Waals surface area contributed by atoms with Crippen molar-refractivity contribution in [2.24, 2.45) is 5.92 Å². The van der Waals surface area contributed by atoms with Crippen LogP contribution in [0.1, 0.15) is 18.4 Å². The van der Waals surface area contributed by atoms with Crippen molar-refractivity contribution in [2.45, 2.75) is 19.4 Å². The number of hydrogen-bond acceptors (Lipinski definition) is 7. The Morgan fingerprint density at radius 2 is 2.03 bits per heavy atom. The van der Waals surface area contributed by atoms with Crippen LogP contribution >= 0.6 is 0 Å². The predicted molar refractivity (Wildman–Crippen MR) is 109 cm³/mol. The number of nitrogens with one attached hydrogen (secondary N) is 1. The third-order valence-electron chi connectivity index (χ3n) is 5.23. The van der Waals surface area contributed by atoms with Crippen LogP contribution in [0.4, 0.5) is 11.5 Å². The molecule has 1 fully saturated rings. The monoisotopic (exact) mass is 408 g/mol. The fourth-order valence-electron chi connectivity index (χ4n) is 3.64. The number of carbonyl (C=O) groups is 1. The van der Waals surface area contributed by atoms with Crippen molar-refractivity contribution in [2.75, 3.05) is 18.0 Å². The Balaban J connectivity index is 1.48. The number of carbonyl (C=O) groups excluding carboxylic acids is 1. The SMILES string of the molecule is O=C(NCc1cccnc1)C1CCN(c2nc3ccccn3c(=O)c2[N+](=O)[O-])CC1. The lowest BCUT2D eigenvalue weighted by atomic mass is 9.95. The molecule has 4 rings (SSSR count). The maximum absolute atomic E-state index is 12.6. The molecule has 0 radical (unpaired) electrons. The van der Waals surface area contributed by atoms with E-state index in [1.54, 1.807) is 35.5 Å². The molecule has 0 spiro atoms. The van der Waals surface area contributed by atoms with E-state index in [0.29, 0.717) is 38.1 Å². The molecule has 0 aliphatic carbocycles. The van der Waals surface area contributed by atoms with Gasteiger partial charge in [0.2, 0.25) is 11.7 Å². The van der Waals surface area contributed by atoms with Gasteiger partial charge in [-0.15, -0.1) is 0 Å². The number of piperidine rings is 1. The zero-order valence-corrected chi connectivity index (χ0v) is 16.1. The second-order valence-electron chi connectivity index (χ2n) is 7.12. The molecular weight excluding hydrogens is 388 g/mol. The van der Waals surface area contributed by atoms with Crippen LogP contribution < -0.4 is 15.8 Å². The Labute approximate surface area is 171 Å². The Bertz CT molecular complexity index is 1140. The molecule has 30 heavy (non-hydrogen) atoms. The number of amides is 1. The van der Waals surface area contributed by atoms with E-state index < -0.39 is 16.2 Å². The molecule has 1 amide bonds. The van der Waals surface area contributed by atoms with E-state index in [4.69, 9.17) is 0 Å². The summed E-state index contributed by atoms with van der Waals surface area (Å²) in [4.78, 5) is 46.1. The number of anilines is 1. The van der Waals surface area contributed by atoms with Gasteiger partial charge in [-0.25, -0.2) is 4.98 Å². The van der Waals surface area contributed by atoms with Gasteiger partial charge in [-0.3, -0.25) is 29.1 Å². The fraction of sp³-hybridized carbons (Fsp3) is 0.300. The normalized spacial score (nSPS) is 14.6. The molecule has 0 unspecified atom stereocenters. The Hall–Kier alpha value is -3.82. The largest absolute Gasteiger partial charge is 0.376 e. The number of nitro groups is 1. The molecule has 10 nitrogen and oxygen atoms in total. The average Bonchev–Trinajstić information content (AvgIpc) is 2.78. The molecule has 4 heterocycles. The first-order chi connectivity index (χ1) is 14.5. The van der Waals surface area contributed by atoms with Gasteiger partial charge in [-0.05, 0) is 36.6 Å². The van der Waals surface area contributed by atoms with E-state index in [-0.39, 0.29) is 17.6 Å². The van der Waals surface area contributed by atoms with Crippen LogP contribution in [0.2, 0.25) is 0 Å². The molecule has 1 aliphatic heterocycles. The topological polar surface area (TPSA) is 123 Å². The third kappa shape index (κ3) is 3.84. The first-order valence-corrected chi connectivity index (χ1v) is 9.62. The summed E-state index contributed by atoms with van der Waals surface area (Å²) in [6.07, 6.45) is 5.87. The number of hydrogen-bond donors (Lipinski definition) is 1. The summed E-state index contributed by atoms with van der Waals surface area (Å²) < 4.78 is 1.17. The molecule has 1 N–H and O–H groups in total. The van der Waals surface area contributed by atoms with Crippen molar-refractivity contribution >= 4 is 23.1 Å². The minimum absolute atomic E-state index is 0.0560. The number of pyridine rings is 2. The van der Waals surface area contributed by atoms with Gasteiger partial charge in [0.25, 0.3) is 0 Å². The van der Waals surface area contributed by atoms with Crippen LogP contribution in [0.5, 0.6) is 0 Å². The number of rotatable bonds is 5. The van der Waals surface area contributed by atoms with Gasteiger partial charge in [0.1, 0.15) is 5.65 Å². The van der Waals surface area contributed by atoms with Crippen molar-refractivity contribution in [3.05, 3.63) is 75.0 Å². The van der Waals surface area contributed by atoms with E-state index in [1.807, 2.05) is 12.1 Å². The summed E-state index contributed by atoms with van der Waals surface area (Å²) >= 11 is 0. The highest BCUT2D eigenvalue weighted by Gasteiger charge is 2.32. The molecule has 0 aromatic carbocycles. The van der Waals surface area contributed by atoms with E-state index >= 15 is 0 Å². The van der Waals surface area contributed by atoms with Crippen LogP contribution in [-0.2, 0) is 11.3 Å². The van der Waals surface area contributed by atoms with E-state index in [9.17, 15) is 19.7 Å².